The third-order valence-corrected chi connectivity index (χ3v) is 7.51. The number of alkyl carbamates (subject to hydrolysis) is 1. The number of rotatable bonds is 9. The SMILES string of the molecule is COc1cccc(CNc2ncc(C#N)c(NCC3C[C@H]4CCC[C@@H](C3)[C@@H]4NC(=O)OC(C)(C)C)n2)c1OC. The lowest BCUT2D eigenvalue weighted by molar-refractivity contribution is 0.0324. The van der Waals surface area contributed by atoms with Crippen LogP contribution in [0.2, 0.25) is 0 Å². The van der Waals surface area contributed by atoms with E-state index in [1.165, 1.54) is 12.6 Å². The zero-order valence-electron chi connectivity index (χ0n) is 23.5. The van der Waals surface area contributed by atoms with Gasteiger partial charge in [-0.05, 0) is 70.3 Å². The van der Waals surface area contributed by atoms with Crippen LogP contribution in [0.5, 0.6) is 11.5 Å². The molecule has 1 amide bonds. The van der Waals surface area contributed by atoms with Crippen LogP contribution in [0.4, 0.5) is 16.6 Å². The zero-order valence-corrected chi connectivity index (χ0v) is 23.5. The van der Waals surface area contributed by atoms with E-state index in [0.29, 0.717) is 59.7 Å². The summed E-state index contributed by atoms with van der Waals surface area (Å²) in [5.41, 5.74) is 0.798. The van der Waals surface area contributed by atoms with E-state index in [1.807, 2.05) is 39.0 Å². The summed E-state index contributed by atoms with van der Waals surface area (Å²) in [5, 5.41) is 19.5. The number of fused-ring (bicyclic) bond motifs is 2. The number of nitrogens with one attached hydrogen (secondary N) is 3. The number of ether oxygens (including phenoxy) is 3. The van der Waals surface area contributed by atoms with Crippen molar-refractivity contribution in [1.29, 1.82) is 5.26 Å². The van der Waals surface area contributed by atoms with E-state index < -0.39 is 5.60 Å². The number of carbonyl (C=O) groups excluding carboxylic acids is 1. The number of para-hydroxylation sites is 1. The molecular formula is C29H40N6O4. The van der Waals surface area contributed by atoms with Gasteiger partial charge in [0, 0.05) is 24.7 Å². The number of hydrogen-bond donors (Lipinski definition) is 3. The monoisotopic (exact) mass is 536 g/mol. The Morgan fingerprint density at radius 3 is 2.51 bits per heavy atom. The summed E-state index contributed by atoms with van der Waals surface area (Å²) < 4.78 is 16.4. The number of carbonyl (C=O) groups is 1. The van der Waals surface area contributed by atoms with Gasteiger partial charge in [-0.1, -0.05) is 18.6 Å². The summed E-state index contributed by atoms with van der Waals surface area (Å²) in [6.45, 7) is 6.80. The molecule has 2 bridgehead atoms. The van der Waals surface area contributed by atoms with Gasteiger partial charge in [0.05, 0.1) is 20.4 Å². The number of anilines is 2. The van der Waals surface area contributed by atoms with Gasteiger partial charge in [-0.15, -0.1) is 0 Å². The molecule has 10 nitrogen and oxygen atoms in total. The van der Waals surface area contributed by atoms with Gasteiger partial charge in [-0.2, -0.15) is 10.2 Å². The Balaban J connectivity index is 1.37. The summed E-state index contributed by atoms with van der Waals surface area (Å²) in [6, 6.07) is 8.04. The Morgan fingerprint density at radius 1 is 1.13 bits per heavy atom. The molecular weight excluding hydrogens is 496 g/mol. The number of aromatic nitrogens is 2. The number of hydrogen-bond acceptors (Lipinski definition) is 9. The second-order valence-corrected chi connectivity index (χ2v) is 11.4. The van der Waals surface area contributed by atoms with Crippen LogP contribution < -0.4 is 25.4 Å². The summed E-state index contributed by atoms with van der Waals surface area (Å²) in [6.07, 6.45) is 6.64. The van der Waals surface area contributed by atoms with Crippen molar-refractivity contribution in [2.75, 3.05) is 31.4 Å². The summed E-state index contributed by atoms with van der Waals surface area (Å²) in [5.74, 6) is 3.52. The molecule has 0 spiro atoms. The van der Waals surface area contributed by atoms with Crippen LogP contribution in [0.25, 0.3) is 0 Å². The molecule has 2 fully saturated rings. The molecule has 2 aliphatic carbocycles. The molecule has 39 heavy (non-hydrogen) atoms. The van der Waals surface area contributed by atoms with Gasteiger partial charge < -0.3 is 30.2 Å². The highest BCUT2D eigenvalue weighted by molar-refractivity contribution is 5.68. The van der Waals surface area contributed by atoms with Crippen molar-refractivity contribution in [1.82, 2.24) is 15.3 Å². The molecule has 3 N–H and O–H groups in total. The largest absolute Gasteiger partial charge is 0.493 e. The van der Waals surface area contributed by atoms with Crippen molar-refractivity contribution >= 4 is 17.9 Å². The van der Waals surface area contributed by atoms with Crippen molar-refractivity contribution in [2.45, 2.75) is 71.1 Å². The molecule has 2 saturated carbocycles. The third-order valence-electron chi connectivity index (χ3n) is 7.51. The first-order valence-electron chi connectivity index (χ1n) is 13.6. The van der Waals surface area contributed by atoms with Crippen LogP contribution in [-0.4, -0.2) is 48.5 Å². The molecule has 2 aliphatic rings. The van der Waals surface area contributed by atoms with E-state index in [1.54, 1.807) is 14.2 Å². The van der Waals surface area contributed by atoms with Gasteiger partial charge in [0.1, 0.15) is 23.1 Å². The van der Waals surface area contributed by atoms with Crippen molar-refractivity contribution < 1.29 is 19.0 Å². The van der Waals surface area contributed by atoms with E-state index in [4.69, 9.17) is 14.2 Å². The van der Waals surface area contributed by atoms with Crippen LogP contribution in [0.1, 0.15) is 64.0 Å². The Morgan fingerprint density at radius 2 is 1.87 bits per heavy atom. The fraction of sp³-hybridized carbons (Fsp3) is 0.586. The summed E-state index contributed by atoms with van der Waals surface area (Å²) >= 11 is 0. The fourth-order valence-electron chi connectivity index (χ4n) is 5.91. The standard InChI is InChI=1S/C29H40N6O4/c1-29(2,3)39-28(36)34-24-19-8-6-9-20(24)13-18(12-19)15-31-26-22(14-30)17-33-27(35-26)32-16-21-10-7-11-23(37-4)25(21)38-5/h7,10-11,17-20,24H,6,8-9,12-13,15-16H2,1-5H3,(H,34,36)(H2,31,32,33,35)/t18?,19-,20+,24-. The summed E-state index contributed by atoms with van der Waals surface area (Å²) in [7, 11) is 3.21. The second-order valence-electron chi connectivity index (χ2n) is 11.4. The molecule has 2 aromatic rings. The maximum atomic E-state index is 12.5. The molecule has 1 aromatic carbocycles. The number of methoxy groups -OCH3 is 2. The lowest BCUT2D eigenvalue weighted by atomic mass is 9.64. The molecule has 210 valence electrons. The molecule has 4 atom stereocenters. The lowest BCUT2D eigenvalue weighted by Crippen LogP contribution is -2.52. The minimum Gasteiger partial charge on any atom is -0.493 e. The number of benzene rings is 1. The van der Waals surface area contributed by atoms with Crippen LogP contribution in [0.15, 0.2) is 24.4 Å². The fourth-order valence-corrected chi connectivity index (χ4v) is 5.91. The highest BCUT2D eigenvalue weighted by Gasteiger charge is 2.41. The molecule has 0 aliphatic heterocycles. The molecule has 10 heteroatoms. The first-order valence-corrected chi connectivity index (χ1v) is 13.6. The zero-order chi connectivity index (χ0) is 28.0. The predicted molar refractivity (Wildman–Crippen MR) is 149 cm³/mol. The normalized spacial score (nSPS) is 22.3. The van der Waals surface area contributed by atoms with Crippen molar-refractivity contribution in [3.8, 4) is 17.6 Å². The van der Waals surface area contributed by atoms with Gasteiger partial charge in [0.25, 0.3) is 0 Å². The number of nitriles is 1. The average Bonchev–Trinajstić information content (AvgIpc) is 2.89. The lowest BCUT2D eigenvalue weighted by Gasteiger charge is -2.46. The maximum Gasteiger partial charge on any atom is 0.407 e. The minimum absolute atomic E-state index is 0.156. The quantitative estimate of drug-likeness (QED) is 0.400. The van der Waals surface area contributed by atoms with E-state index in [0.717, 1.165) is 31.2 Å². The van der Waals surface area contributed by atoms with E-state index in [-0.39, 0.29) is 12.1 Å². The third kappa shape index (κ3) is 7.22. The smallest absolute Gasteiger partial charge is 0.407 e. The van der Waals surface area contributed by atoms with E-state index in [9.17, 15) is 10.1 Å². The highest BCUT2D eigenvalue weighted by Crippen LogP contribution is 2.43. The van der Waals surface area contributed by atoms with Crippen molar-refractivity contribution in [2.24, 2.45) is 17.8 Å². The Labute approximate surface area is 230 Å². The van der Waals surface area contributed by atoms with Crippen LogP contribution in [-0.2, 0) is 11.3 Å². The Bertz CT molecular complexity index is 1180. The topological polar surface area (TPSA) is 130 Å². The van der Waals surface area contributed by atoms with Gasteiger partial charge in [0.2, 0.25) is 5.95 Å². The molecule has 4 rings (SSSR count). The number of nitrogens with zero attached hydrogens (tertiary/aromatic N) is 3. The van der Waals surface area contributed by atoms with Crippen molar-refractivity contribution in [3.05, 3.63) is 35.5 Å². The van der Waals surface area contributed by atoms with Gasteiger partial charge in [-0.3, -0.25) is 0 Å². The van der Waals surface area contributed by atoms with Crippen molar-refractivity contribution in [3.63, 3.8) is 0 Å². The molecule has 0 saturated heterocycles. The second kappa shape index (κ2) is 12.4. The Kier molecular flexibility index (Phi) is 9.00. The molecule has 0 radical (unpaired) electrons. The molecule has 1 aromatic heterocycles. The molecule has 1 unspecified atom stereocenters. The van der Waals surface area contributed by atoms with Crippen LogP contribution in [0, 0.1) is 29.1 Å². The summed E-state index contributed by atoms with van der Waals surface area (Å²) in [4.78, 5) is 21.4. The minimum atomic E-state index is -0.510. The van der Waals surface area contributed by atoms with Crippen LogP contribution >= 0.6 is 0 Å². The van der Waals surface area contributed by atoms with Gasteiger partial charge in [0.15, 0.2) is 11.5 Å². The number of amides is 1. The van der Waals surface area contributed by atoms with E-state index in [2.05, 4.69) is 32.0 Å². The van der Waals surface area contributed by atoms with E-state index >= 15 is 0 Å². The first kappa shape index (κ1) is 28.3. The Hall–Kier alpha value is -3.74. The average molecular weight is 537 g/mol. The predicted octanol–water partition coefficient (Wildman–Crippen LogP) is 5.11. The van der Waals surface area contributed by atoms with Gasteiger partial charge in [-0.25, -0.2) is 9.78 Å². The molecule has 1 heterocycles. The van der Waals surface area contributed by atoms with Gasteiger partial charge >= 0.3 is 6.09 Å². The highest BCUT2D eigenvalue weighted by atomic mass is 16.6. The van der Waals surface area contributed by atoms with Crippen LogP contribution in [0.3, 0.4) is 0 Å². The first-order chi connectivity index (χ1) is 18.7. The maximum absolute atomic E-state index is 12.5.